The van der Waals surface area contributed by atoms with E-state index in [2.05, 4.69) is 10.3 Å². The molecule has 1 saturated carbocycles. The number of hydrogen-bond acceptors (Lipinski definition) is 6. The first kappa shape index (κ1) is 32.7. The summed E-state index contributed by atoms with van der Waals surface area (Å²) in [6.07, 6.45) is 7.03. The Morgan fingerprint density at radius 1 is 1.11 bits per heavy atom. The number of alkyl halides is 3. The fourth-order valence-corrected chi connectivity index (χ4v) is 6.55. The maximum absolute atomic E-state index is 15.0. The van der Waals surface area contributed by atoms with Gasteiger partial charge in [-0.3, -0.25) is 24.2 Å². The van der Waals surface area contributed by atoms with Crippen LogP contribution < -0.4 is 15.1 Å². The summed E-state index contributed by atoms with van der Waals surface area (Å²) < 4.78 is 42.9. The summed E-state index contributed by atoms with van der Waals surface area (Å²) in [5.41, 5.74) is -1.40. The molecule has 1 saturated heterocycles. The molecule has 2 aliphatic carbocycles. The van der Waals surface area contributed by atoms with Crippen molar-refractivity contribution in [1.82, 2.24) is 10.3 Å². The predicted octanol–water partition coefficient (Wildman–Crippen LogP) is 5.30. The van der Waals surface area contributed by atoms with E-state index in [1.807, 2.05) is 12.1 Å². The van der Waals surface area contributed by atoms with Gasteiger partial charge in [-0.15, -0.1) is 11.6 Å². The number of anilines is 2. The molecule has 2 aromatic rings. The van der Waals surface area contributed by atoms with E-state index < -0.39 is 71.2 Å². The second-order valence-electron chi connectivity index (χ2n) is 11.9. The van der Waals surface area contributed by atoms with Crippen LogP contribution in [0.1, 0.15) is 56.6 Å². The molecule has 2 fully saturated rings. The molecular formula is C33H30ClF3N6O3. The largest absolute Gasteiger partial charge is 0.352 e. The van der Waals surface area contributed by atoms with Gasteiger partial charge in [0.1, 0.15) is 23.7 Å². The highest BCUT2D eigenvalue weighted by Gasteiger charge is 2.52. The van der Waals surface area contributed by atoms with Crippen molar-refractivity contribution in [2.45, 2.75) is 74.9 Å². The van der Waals surface area contributed by atoms with Crippen LogP contribution in [0.2, 0.25) is 0 Å². The molecule has 1 aliphatic heterocycles. The van der Waals surface area contributed by atoms with Crippen molar-refractivity contribution in [3.63, 3.8) is 0 Å². The standard InChI is InChI=1S/C33H30ClF3N6O3/c1-32(10-3-2-4-26(32)34)29(30(45)41-23-7-11-33(36,37)12-8-23)42(24-15-21(19-39)14-22(35)17-24)31(46)25-5-6-28(44)43(25)27-16-20(18-38)9-13-40-27/h2-4,9-10,13-17,23,25-26,29H,5-8,11-12H2,1H3,(H,41,45)/t25-,26?,29+,32?/m0/s1. The van der Waals surface area contributed by atoms with Gasteiger partial charge in [0.05, 0.1) is 28.6 Å². The number of allylic oxidation sites excluding steroid dienone is 3. The zero-order chi connectivity index (χ0) is 33.2. The van der Waals surface area contributed by atoms with E-state index in [1.54, 1.807) is 31.2 Å². The monoisotopic (exact) mass is 650 g/mol. The van der Waals surface area contributed by atoms with Crippen LogP contribution in [-0.2, 0) is 14.4 Å². The minimum atomic E-state index is -2.85. The molecule has 5 rings (SSSR count). The summed E-state index contributed by atoms with van der Waals surface area (Å²) in [6.45, 7) is 1.64. The van der Waals surface area contributed by atoms with Crippen LogP contribution in [0.25, 0.3) is 0 Å². The quantitative estimate of drug-likeness (QED) is 0.405. The van der Waals surface area contributed by atoms with Gasteiger partial charge < -0.3 is 5.32 Å². The Labute approximate surface area is 268 Å². The van der Waals surface area contributed by atoms with Crippen molar-refractivity contribution in [2.75, 3.05) is 9.80 Å². The van der Waals surface area contributed by atoms with E-state index in [4.69, 9.17) is 11.6 Å². The Hall–Kier alpha value is -4.68. The number of amides is 3. The van der Waals surface area contributed by atoms with Crippen molar-refractivity contribution >= 4 is 40.8 Å². The first-order valence-electron chi connectivity index (χ1n) is 14.8. The van der Waals surface area contributed by atoms with Gasteiger partial charge in [0, 0.05) is 42.6 Å². The summed E-state index contributed by atoms with van der Waals surface area (Å²) >= 11 is 6.82. The van der Waals surface area contributed by atoms with Crippen molar-refractivity contribution in [3.05, 3.63) is 77.8 Å². The number of carbonyl (C=O) groups excluding carboxylic acids is 3. The molecule has 0 spiro atoms. The smallest absolute Gasteiger partial charge is 0.251 e. The second kappa shape index (κ2) is 13.0. The number of nitrogens with zero attached hydrogens (tertiary/aromatic N) is 5. The SMILES string of the molecule is CC1([C@@H](C(=O)NC2CCC(F)(F)CC2)N(C(=O)[C@@H]2CCC(=O)N2c2cc(C#N)ccn2)c2cc(F)cc(C#N)c2)C=CC=CC1Cl. The summed E-state index contributed by atoms with van der Waals surface area (Å²) in [6, 6.07) is 6.52. The molecule has 9 nitrogen and oxygen atoms in total. The molecule has 13 heteroatoms. The Morgan fingerprint density at radius 2 is 1.83 bits per heavy atom. The number of pyridine rings is 1. The van der Waals surface area contributed by atoms with Gasteiger partial charge in [-0.25, -0.2) is 18.2 Å². The zero-order valence-electron chi connectivity index (χ0n) is 24.8. The molecule has 3 aliphatic rings. The Balaban J connectivity index is 1.65. The number of carbonyl (C=O) groups is 3. The molecular weight excluding hydrogens is 621 g/mol. The fourth-order valence-electron chi connectivity index (χ4n) is 6.27. The van der Waals surface area contributed by atoms with Gasteiger partial charge in [-0.2, -0.15) is 10.5 Å². The molecule has 4 atom stereocenters. The molecule has 1 N–H and O–H groups in total. The molecule has 1 aromatic heterocycles. The molecule has 1 aromatic carbocycles. The normalized spacial score (nSPS) is 24.6. The number of rotatable bonds is 7. The average molecular weight is 651 g/mol. The highest BCUT2D eigenvalue weighted by Crippen LogP contribution is 2.42. The first-order chi connectivity index (χ1) is 21.9. The molecule has 0 radical (unpaired) electrons. The Morgan fingerprint density at radius 3 is 2.50 bits per heavy atom. The van der Waals surface area contributed by atoms with Crippen LogP contribution >= 0.6 is 11.6 Å². The lowest BCUT2D eigenvalue weighted by Gasteiger charge is -2.45. The summed E-state index contributed by atoms with van der Waals surface area (Å²) in [5.74, 6) is -5.62. The van der Waals surface area contributed by atoms with Crippen molar-refractivity contribution in [3.8, 4) is 12.1 Å². The van der Waals surface area contributed by atoms with E-state index in [-0.39, 0.29) is 48.3 Å². The minimum absolute atomic E-state index is 0.000515. The van der Waals surface area contributed by atoms with E-state index in [0.29, 0.717) is 0 Å². The average Bonchev–Trinajstić information content (AvgIpc) is 3.42. The lowest BCUT2D eigenvalue weighted by Crippen LogP contribution is -2.63. The lowest BCUT2D eigenvalue weighted by atomic mass is 9.74. The summed E-state index contributed by atoms with van der Waals surface area (Å²) in [4.78, 5) is 48.8. The minimum Gasteiger partial charge on any atom is -0.352 e. The highest BCUT2D eigenvalue weighted by atomic mass is 35.5. The van der Waals surface area contributed by atoms with E-state index in [1.165, 1.54) is 24.4 Å². The Bertz CT molecular complexity index is 1690. The predicted molar refractivity (Wildman–Crippen MR) is 163 cm³/mol. The maximum atomic E-state index is 15.0. The Kier molecular flexibility index (Phi) is 9.22. The molecule has 2 heterocycles. The fraction of sp³-hybridized carbons (Fsp3) is 0.394. The number of benzene rings is 1. The van der Waals surface area contributed by atoms with E-state index >= 15 is 4.39 Å². The number of nitrogens with one attached hydrogen (secondary N) is 1. The third-order valence-electron chi connectivity index (χ3n) is 8.75. The third-order valence-corrected chi connectivity index (χ3v) is 9.36. The topological polar surface area (TPSA) is 130 Å². The number of nitriles is 2. The number of halogens is 4. The summed E-state index contributed by atoms with van der Waals surface area (Å²) in [5, 5.41) is 21.0. The van der Waals surface area contributed by atoms with Crippen LogP contribution in [0, 0.1) is 33.9 Å². The van der Waals surface area contributed by atoms with E-state index in [9.17, 15) is 33.7 Å². The van der Waals surface area contributed by atoms with Gasteiger partial charge in [0.15, 0.2) is 0 Å². The zero-order valence-corrected chi connectivity index (χ0v) is 25.6. The van der Waals surface area contributed by atoms with Crippen molar-refractivity contribution in [2.24, 2.45) is 5.41 Å². The second-order valence-corrected chi connectivity index (χ2v) is 12.4. The van der Waals surface area contributed by atoms with Crippen molar-refractivity contribution < 1.29 is 27.6 Å². The van der Waals surface area contributed by atoms with Crippen molar-refractivity contribution in [1.29, 1.82) is 10.5 Å². The maximum Gasteiger partial charge on any atom is 0.251 e. The van der Waals surface area contributed by atoms with Gasteiger partial charge in [-0.05, 0) is 49.6 Å². The highest BCUT2D eigenvalue weighted by molar-refractivity contribution is 6.23. The van der Waals surface area contributed by atoms with Gasteiger partial charge in [0.2, 0.25) is 17.7 Å². The van der Waals surface area contributed by atoms with Crippen LogP contribution in [0.15, 0.2) is 60.8 Å². The molecule has 0 bridgehead atoms. The molecule has 3 amide bonds. The van der Waals surface area contributed by atoms with E-state index in [0.717, 1.165) is 21.9 Å². The number of hydrogen-bond donors (Lipinski definition) is 1. The number of aromatic nitrogens is 1. The van der Waals surface area contributed by atoms with Crippen LogP contribution in [0.3, 0.4) is 0 Å². The molecule has 46 heavy (non-hydrogen) atoms. The summed E-state index contributed by atoms with van der Waals surface area (Å²) in [7, 11) is 0. The first-order valence-corrected chi connectivity index (χ1v) is 15.2. The van der Waals surface area contributed by atoms with Gasteiger partial charge in [-0.1, -0.05) is 31.2 Å². The molecule has 238 valence electrons. The van der Waals surface area contributed by atoms with Crippen LogP contribution in [0.5, 0.6) is 0 Å². The molecule has 2 unspecified atom stereocenters. The van der Waals surface area contributed by atoms with Crippen LogP contribution in [0.4, 0.5) is 24.7 Å². The van der Waals surface area contributed by atoms with Gasteiger partial charge >= 0.3 is 0 Å². The van der Waals surface area contributed by atoms with Crippen LogP contribution in [-0.4, -0.2) is 52.1 Å². The third kappa shape index (κ3) is 6.49. The lowest BCUT2D eigenvalue weighted by molar-refractivity contribution is -0.130. The van der Waals surface area contributed by atoms with Gasteiger partial charge in [0.25, 0.3) is 5.91 Å².